The first-order chi connectivity index (χ1) is 20.0. The monoisotopic (exact) mass is 554 g/mol. The maximum atomic E-state index is 13.0. The number of piperidine rings is 1. The van der Waals surface area contributed by atoms with E-state index in [0.29, 0.717) is 24.4 Å². The van der Waals surface area contributed by atoms with Gasteiger partial charge >= 0.3 is 0 Å². The van der Waals surface area contributed by atoms with Gasteiger partial charge in [-0.25, -0.2) is 0 Å². The van der Waals surface area contributed by atoms with Crippen LogP contribution >= 0.6 is 0 Å². The highest BCUT2D eigenvalue weighted by Crippen LogP contribution is 2.32. The van der Waals surface area contributed by atoms with E-state index in [1.165, 1.54) is 16.3 Å². The molecule has 9 nitrogen and oxygen atoms in total. The molecule has 7 rings (SSSR count). The highest BCUT2D eigenvalue weighted by molar-refractivity contribution is 6.05. The molecule has 1 unspecified atom stereocenters. The lowest BCUT2D eigenvalue weighted by Gasteiger charge is -2.29. The number of amides is 3. The summed E-state index contributed by atoms with van der Waals surface area (Å²) in [6.07, 6.45) is 5.71. The van der Waals surface area contributed by atoms with Crippen LogP contribution in [0.3, 0.4) is 0 Å². The summed E-state index contributed by atoms with van der Waals surface area (Å²) < 4.78 is 11.9. The number of ether oxygens (including phenoxy) is 2. The van der Waals surface area contributed by atoms with Crippen LogP contribution in [-0.4, -0.2) is 71.0 Å². The summed E-state index contributed by atoms with van der Waals surface area (Å²) in [5.41, 5.74) is 3.90. The number of rotatable bonds is 6. The molecule has 1 N–H and O–H groups in total. The first-order valence-corrected chi connectivity index (χ1v) is 14.6. The van der Waals surface area contributed by atoms with Crippen molar-refractivity contribution in [3.63, 3.8) is 0 Å². The van der Waals surface area contributed by atoms with E-state index in [9.17, 15) is 14.4 Å². The van der Waals surface area contributed by atoms with Crippen molar-refractivity contribution in [2.75, 3.05) is 26.3 Å². The van der Waals surface area contributed by atoms with E-state index in [0.717, 1.165) is 69.1 Å². The second-order valence-corrected chi connectivity index (χ2v) is 11.7. The van der Waals surface area contributed by atoms with Crippen molar-refractivity contribution in [2.24, 2.45) is 0 Å². The van der Waals surface area contributed by atoms with Gasteiger partial charge in [0.1, 0.15) is 17.9 Å². The lowest BCUT2D eigenvalue weighted by atomic mass is 9.90. The zero-order valence-corrected chi connectivity index (χ0v) is 23.0. The normalized spacial score (nSPS) is 23.7. The largest absolute Gasteiger partial charge is 0.489 e. The minimum atomic E-state index is -0.613. The molecule has 2 aromatic carbocycles. The average Bonchev–Trinajstić information content (AvgIpc) is 3.56. The van der Waals surface area contributed by atoms with Crippen molar-refractivity contribution in [1.29, 1.82) is 0 Å². The van der Waals surface area contributed by atoms with E-state index in [1.54, 1.807) is 11.0 Å². The quantitative estimate of drug-likeness (QED) is 0.465. The number of hydrogen-bond donors (Lipinski definition) is 1. The van der Waals surface area contributed by atoms with Gasteiger partial charge in [0.15, 0.2) is 0 Å². The van der Waals surface area contributed by atoms with Crippen molar-refractivity contribution in [1.82, 2.24) is 20.1 Å². The minimum Gasteiger partial charge on any atom is -0.489 e. The highest BCUT2D eigenvalue weighted by atomic mass is 16.5. The number of imide groups is 1. The minimum absolute atomic E-state index is 0.0528. The topological polar surface area (TPSA) is 101 Å². The number of pyridine rings is 1. The highest BCUT2D eigenvalue weighted by Gasteiger charge is 2.39. The van der Waals surface area contributed by atoms with Gasteiger partial charge in [-0.2, -0.15) is 0 Å². The summed E-state index contributed by atoms with van der Waals surface area (Å²) in [5, 5.41) is 4.76. The van der Waals surface area contributed by atoms with E-state index >= 15 is 0 Å². The number of hydrogen-bond acceptors (Lipinski definition) is 7. The molecule has 9 heteroatoms. The Balaban J connectivity index is 0.974. The summed E-state index contributed by atoms with van der Waals surface area (Å²) >= 11 is 0. The lowest BCUT2D eigenvalue weighted by Crippen LogP contribution is -2.52. The molecule has 3 aromatic rings. The predicted molar refractivity (Wildman–Crippen MR) is 151 cm³/mol. The second kappa shape index (κ2) is 10.9. The Kier molecular flexibility index (Phi) is 6.92. The van der Waals surface area contributed by atoms with E-state index in [1.807, 2.05) is 18.3 Å². The SMILES string of the molecule is O=C1CCC(N2Cc3cc(O[C@H]4CCN(Cc5cc6cc(C7CCOCC7)ccc6cn5)C4)ccc3C2=O)C(=O)N1. The summed E-state index contributed by atoms with van der Waals surface area (Å²) in [6, 6.07) is 13.9. The van der Waals surface area contributed by atoms with Gasteiger partial charge in [0.25, 0.3) is 5.91 Å². The molecule has 2 atom stereocenters. The van der Waals surface area contributed by atoms with Gasteiger partial charge < -0.3 is 14.4 Å². The molecule has 1 aromatic heterocycles. The first-order valence-electron chi connectivity index (χ1n) is 14.6. The third-order valence-electron chi connectivity index (χ3n) is 8.91. The number of carbonyl (C=O) groups excluding carboxylic acids is 3. The van der Waals surface area contributed by atoms with Gasteiger partial charge in [0.05, 0.1) is 5.69 Å². The number of benzene rings is 2. The fraction of sp³-hybridized carbons (Fsp3) is 0.438. The molecule has 0 spiro atoms. The van der Waals surface area contributed by atoms with Crippen molar-refractivity contribution >= 4 is 28.5 Å². The molecular weight excluding hydrogens is 520 g/mol. The first kappa shape index (κ1) is 26.1. The molecule has 4 aliphatic heterocycles. The van der Waals surface area contributed by atoms with Gasteiger partial charge in [-0.15, -0.1) is 0 Å². The summed E-state index contributed by atoms with van der Waals surface area (Å²) in [5.74, 6) is 0.450. The van der Waals surface area contributed by atoms with Crippen molar-refractivity contribution in [3.8, 4) is 5.75 Å². The van der Waals surface area contributed by atoms with Crippen LogP contribution in [0.25, 0.3) is 10.8 Å². The van der Waals surface area contributed by atoms with Crippen molar-refractivity contribution in [3.05, 3.63) is 71.0 Å². The van der Waals surface area contributed by atoms with E-state index < -0.39 is 11.9 Å². The molecule has 3 saturated heterocycles. The zero-order chi connectivity index (χ0) is 27.9. The van der Waals surface area contributed by atoms with Crippen LogP contribution in [0.1, 0.15) is 65.2 Å². The number of likely N-dealkylation sites (tertiary alicyclic amines) is 1. The van der Waals surface area contributed by atoms with Crippen LogP contribution in [0, 0.1) is 0 Å². The van der Waals surface area contributed by atoms with Crippen LogP contribution in [0.5, 0.6) is 5.75 Å². The van der Waals surface area contributed by atoms with Gasteiger partial charge in [-0.05, 0) is 72.4 Å². The number of nitrogens with one attached hydrogen (secondary N) is 1. The van der Waals surface area contributed by atoms with E-state index in [-0.39, 0.29) is 24.3 Å². The summed E-state index contributed by atoms with van der Waals surface area (Å²) in [6.45, 7) is 4.54. The summed E-state index contributed by atoms with van der Waals surface area (Å²) in [4.78, 5) is 45.5. The lowest BCUT2D eigenvalue weighted by molar-refractivity contribution is -0.136. The molecule has 0 saturated carbocycles. The van der Waals surface area contributed by atoms with Crippen LogP contribution in [0.4, 0.5) is 0 Å². The third-order valence-corrected chi connectivity index (χ3v) is 8.91. The maximum Gasteiger partial charge on any atom is 0.255 e. The standard InChI is InChI=1S/C32H34N4O5/c37-30-6-5-29(31(38)34-30)36-17-24-15-26(3-4-28(24)32(36)39)41-27-7-10-35(19-27)18-25-14-23-13-21(1-2-22(23)16-33-25)20-8-11-40-12-9-20/h1-4,13-16,20,27,29H,5-12,17-19H2,(H,34,37,38)/t27-,29?/m0/s1. The Bertz CT molecular complexity index is 1520. The fourth-order valence-corrected chi connectivity index (χ4v) is 6.66. The van der Waals surface area contributed by atoms with Gasteiger partial charge in [-0.1, -0.05) is 18.2 Å². The Hall–Kier alpha value is -3.82. The van der Waals surface area contributed by atoms with Crippen LogP contribution in [0.15, 0.2) is 48.7 Å². The van der Waals surface area contributed by atoms with Crippen LogP contribution in [-0.2, 0) is 27.4 Å². The Labute approximate surface area is 238 Å². The second-order valence-electron chi connectivity index (χ2n) is 11.7. The molecule has 3 fully saturated rings. The molecule has 0 radical (unpaired) electrons. The van der Waals surface area contributed by atoms with Crippen LogP contribution in [0.2, 0.25) is 0 Å². The molecule has 0 aliphatic carbocycles. The summed E-state index contributed by atoms with van der Waals surface area (Å²) in [7, 11) is 0. The molecule has 212 valence electrons. The Morgan fingerprint density at radius 1 is 0.976 bits per heavy atom. The van der Waals surface area contributed by atoms with Gasteiger partial charge in [-0.3, -0.25) is 29.6 Å². The zero-order valence-electron chi connectivity index (χ0n) is 23.0. The van der Waals surface area contributed by atoms with Crippen molar-refractivity contribution in [2.45, 2.75) is 63.3 Å². The molecular formula is C32H34N4O5. The van der Waals surface area contributed by atoms with Crippen molar-refractivity contribution < 1.29 is 23.9 Å². The third kappa shape index (κ3) is 5.31. The Morgan fingerprint density at radius 2 is 1.85 bits per heavy atom. The predicted octanol–water partition coefficient (Wildman–Crippen LogP) is 3.54. The molecule has 41 heavy (non-hydrogen) atoms. The van der Waals surface area contributed by atoms with E-state index in [2.05, 4.69) is 34.5 Å². The fourth-order valence-electron chi connectivity index (χ4n) is 6.66. The number of nitrogens with zero attached hydrogens (tertiary/aromatic N) is 3. The number of carbonyl (C=O) groups is 3. The average molecular weight is 555 g/mol. The molecule has 3 amide bonds. The van der Waals surface area contributed by atoms with Gasteiger partial charge in [0, 0.05) is 63.0 Å². The van der Waals surface area contributed by atoms with Crippen LogP contribution < -0.4 is 10.1 Å². The number of aromatic nitrogens is 1. The van der Waals surface area contributed by atoms with Gasteiger partial charge in [0.2, 0.25) is 11.8 Å². The molecule has 0 bridgehead atoms. The maximum absolute atomic E-state index is 13.0. The molecule has 4 aliphatic rings. The smallest absolute Gasteiger partial charge is 0.255 e. The Morgan fingerprint density at radius 3 is 2.71 bits per heavy atom. The van der Waals surface area contributed by atoms with E-state index in [4.69, 9.17) is 14.5 Å². The number of fused-ring (bicyclic) bond motifs is 2. The molecule has 5 heterocycles.